The molecule has 5 rings (SSSR count). The first-order chi connectivity index (χ1) is 18.2. The van der Waals surface area contributed by atoms with E-state index in [2.05, 4.69) is 25.3 Å². The maximum Gasteiger partial charge on any atom is 0.221 e. The van der Waals surface area contributed by atoms with Crippen molar-refractivity contribution < 1.29 is 13.2 Å². The number of hydrogen-bond donors (Lipinski definition) is 5. The van der Waals surface area contributed by atoms with Crippen LogP contribution in [0.2, 0.25) is 0 Å². The summed E-state index contributed by atoms with van der Waals surface area (Å²) in [6.07, 6.45) is 0.373. The lowest BCUT2D eigenvalue weighted by Gasteiger charge is -2.07. The van der Waals surface area contributed by atoms with Crippen LogP contribution in [0.5, 0.6) is 0 Å². The molecular formula is C27H27N7O3S. The van der Waals surface area contributed by atoms with E-state index in [1.165, 1.54) is 0 Å². The van der Waals surface area contributed by atoms with E-state index in [4.69, 9.17) is 11.1 Å². The third-order valence-electron chi connectivity index (χ3n) is 6.13. The molecule has 0 saturated heterocycles. The summed E-state index contributed by atoms with van der Waals surface area (Å²) in [5, 5.41) is 10.4. The molecule has 0 radical (unpaired) electrons. The summed E-state index contributed by atoms with van der Waals surface area (Å²) in [5.41, 5.74) is 11.0. The van der Waals surface area contributed by atoms with Gasteiger partial charge in [0.15, 0.2) is 9.84 Å². The average molecular weight is 530 g/mol. The van der Waals surface area contributed by atoms with Crippen molar-refractivity contribution in [2.45, 2.75) is 25.1 Å². The number of aromatic nitrogens is 4. The zero-order valence-electron chi connectivity index (χ0n) is 20.5. The highest BCUT2D eigenvalue weighted by Gasteiger charge is 2.15. The van der Waals surface area contributed by atoms with Crippen molar-refractivity contribution >= 4 is 43.6 Å². The molecule has 0 atom stereocenters. The van der Waals surface area contributed by atoms with E-state index in [9.17, 15) is 13.2 Å². The van der Waals surface area contributed by atoms with E-state index < -0.39 is 9.84 Å². The Hall–Kier alpha value is -4.51. The molecule has 6 N–H and O–H groups in total. The number of carbonyl (C=O) groups is 1. The molecule has 3 aromatic carbocycles. The summed E-state index contributed by atoms with van der Waals surface area (Å²) in [6, 6.07) is 20.0. The maximum absolute atomic E-state index is 12.3. The maximum atomic E-state index is 12.3. The summed E-state index contributed by atoms with van der Waals surface area (Å²) in [6.45, 7) is 0.276. The van der Waals surface area contributed by atoms with Crippen LogP contribution in [0.4, 0.5) is 0 Å². The highest BCUT2D eigenvalue weighted by atomic mass is 32.2. The molecule has 0 saturated carbocycles. The summed E-state index contributed by atoms with van der Waals surface area (Å²) >= 11 is 0. The third kappa shape index (κ3) is 6.06. The number of fused-ring (bicyclic) bond motifs is 2. The zero-order chi connectivity index (χ0) is 26.7. The number of sulfone groups is 1. The standard InChI is InChI=1S/C27H27N7O3S/c28-27(29)19-7-9-21-23(13-19)34-25(32-21)14-24-31-20-8-6-18(12-22(20)33-24)15-30-26(35)10-11-38(36,37)16-17-4-2-1-3-5-17/h1-9,12-13H,10-11,14-16H2,(H3,28,29)(H,30,35)(H,31,33)(H,32,34). The normalized spacial score (nSPS) is 11.7. The highest BCUT2D eigenvalue weighted by Crippen LogP contribution is 2.18. The van der Waals surface area contributed by atoms with Gasteiger partial charge in [0.05, 0.1) is 40.0 Å². The molecule has 10 nitrogen and oxygen atoms in total. The first-order valence-electron chi connectivity index (χ1n) is 12.1. The summed E-state index contributed by atoms with van der Waals surface area (Å²) in [7, 11) is -3.38. The van der Waals surface area contributed by atoms with E-state index in [0.717, 1.165) is 39.3 Å². The van der Waals surface area contributed by atoms with Gasteiger partial charge in [0.1, 0.15) is 17.5 Å². The van der Waals surface area contributed by atoms with Crippen LogP contribution in [0.25, 0.3) is 22.1 Å². The Morgan fingerprint density at radius 3 is 2.24 bits per heavy atom. The number of nitrogens with two attached hydrogens (primary N) is 1. The minimum absolute atomic E-state index is 0.00572. The van der Waals surface area contributed by atoms with Crippen molar-refractivity contribution in [1.82, 2.24) is 25.3 Å². The van der Waals surface area contributed by atoms with Crippen LogP contribution in [-0.4, -0.2) is 45.8 Å². The Morgan fingerprint density at radius 1 is 0.895 bits per heavy atom. The van der Waals surface area contributed by atoms with Gasteiger partial charge in [-0.1, -0.05) is 36.4 Å². The molecule has 5 aromatic rings. The van der Waals surface area contributed by atoms with Gasteiger partial charge in [0.25, 0.3) is 0 Å². The number of amidine groups is 1. The van der Waals surface area contributed by atoms with Crippen molar-refractivity contribution in [2.75, 3.05) is 5.75 Å². The monoisotopic (exact) mass is 529 g/mol. The van der Waals surface area contributed by atoms with Gasteiger partial charge in [0.2, 0.25) is 5.91 Å². The molecule has 0 aliphatic heterocycles. The van der Waals surface area contributed by atoms with Gasteiger partial charge in [-0.2, -0.15) is 0 Å². The van der Waals surface area contributed by atoms with Crippen LogP contribution < -0.4 is 11.1 Å². The van der Waals surface area contributed by atoms with Crippen LogP contribution in [0.15, 0.2) is 66.7 Å². The minimum Gasteiger partial charge on any atom is -0.384 e. The molecule has 0 aliphatic rings. The summed E-state index contributed by atoms with van der Waals surface area (Å²) < 4.78 is 24.7. The Kier molecular flexibility index (Phi) is 6.93. The second kappa shape index (κ2) is 10.5. The molecule has 0 fully saturated rings. The number of aromatic amines is 2. The lowest BCUT2D eigenvalue weighted by molar-refractivity contribution is -0.120. The molecule has 0 aliphatic carbocycles. The predicted octanol–water partition coefficient (Wildman–Crippen LogP) is 2.94. The van der Waals surface area contributed by atoms with E-state index in [1.54, 1.807) is 36.4 Å². The molecule has 1 amide bonds. The number of amides is 1. The number of benzene rings is 3. The zero-order valence-corrected chi connectivity index (χ0v) is 21.3. The SMILES string of the molecule is N=C(N)c1ccc2[nH]c(Cc3nc4cc(CNC(=O)CCS(=O)(=O)Cc5ccccc5)ccc4[nH]3)nc2c1. The van der Waals surface area contributed by atoms with Crippen molar-refractivity contribution in [2.24, 2.45) is 5.73 Å². The number of hydrogen-bond acceptors (Lipinski definition) is 6. The third-order valence-corrected chi connectivity index (χ3v) is 7.73. The van der Waals surface area contributed by atoms with Gasteiger partial charge in [-0.3, -0.25) is 10.2 Å². The molecule has 0 unspecified atom stereocenters. The van der Waals surface area contributed by atoms with Crippen LogP contribution in [0.3, 0.4) is 0 Å². The van der Waals surface area contributed by atoms with Crippen LogP contribution in [0, 0.1) is 5.41 Å². The van der Waals surface area contributed by atoms with Crippen molar-refractivity contribution in [3.63, 3.8) is 0 Å². The first-order valence-corrected chi connectivity index (χ1v) is 13.9. The van der Waals surface area contributed by atoms with Gasteiger partial charge in [-0.05, 0) is 41.5 Å². The van der Waals surface area contributed by atoms with E-state index in [0.29, 0.717) is 17.5 Å². The Balaban J connectivity index is 1.17. The number of H-pyrrole nitrogens is 2. The fourth-order valence-electron chi connectivity index (χ4n) is 4.20. The predicted molar refractivity (Wildman–Crippen MR) is 146 cm³/mol. The van der Waals surface area contributed by atoms with Crippen LogP contribution in [0.1, 0.15) is 34.8 Å². The van der Waals surface area contributed by atoms with Crippen LogP contribution >= 0.6 is 0 Å². The number of nitrogens with one attached hydrogen (secondary N) is 4. The Labute approximate surface area is 219 Å². The fraction of sp³-hybridized carbons (Fsp3) is 0.185. The molecule has 0 spiro atoms. The Morgan fingerprint density at radius 2 is 1.55 bits per heavy atom. The summed E-state index contributed by atoms with van der Waals surface area (Å²) in [4.78, 5) is 28.1. The highest BCUT2D eigenvalue weighted by molar-refractivity contribution is 7.90. The average Bonchev–Trinajstić information content (AvgIpc) is 3.48. The van der Waals surface area contributed by atoms with E-state index in [-0.39, 0.29) is 36.2 Å². The smallest absolute Gasteiger partial charge is 0.221 e. The van der Waals surface area contributed by atoms with Gasteiger partial charge in [0, 0.05) is 18.5 Å². The lowest BCUT2D eigenvalue weighted by Crippen LogP contribution is -2.25. The quantitative estimate of drug-likeness (QED) is 0.137. The lowest BCUT2D eigenvalue weighted by atomic mass is 10.2. The topological polar surface area (TPSA) is 170 Å². The van der Waals surface area contributed by atoms with Crippen molar-refractivity contribution in [1.29, 1.82) is 5.41 Å². The second-order valence-corrected chi connectivity index (χ2v) is 11.3. The molecule has 2 heterocycles. The van der Waals surface area contributed by atoms with Crippen molar-refractivity contribution in [3.05, 3.63) is 95.1 Å². The second-order valence-electron chi connectivity index (χ2n) is 9.15. The number of rotatable bonds is 10. The number of carbonyl (C=O) groups excluding carboxylic acids is 1. The number of imidazole rings is 2. The molecule has 0 bridgehead atoms. The molecule has 38 heavy (non-hydrogen) atoms. The number of nitrogen functional groups attached to an aromatic ring is 1. The van der Waals surface area contributed by atoms with E-state index in [1.807, 2.05) is 30.3 Å². The van der Waals surface area contributed by atoms with Crippen LogP contribution in [-0.2, 0) is 33.4 Å². The first kappa shape index (κ1) is 25.2. The fourth-order valence-corrected chi connectivity index (χ4v) is 5.55. The minimum atomic E-state index is -3.38. The van der Waals surface area contributed by atoms with Gasteiger partial charge in [-0.25, -0.2) is 18.4 Å². The largest absolute Gasteiger partial charge is 0.384 e. The Bertz CT molecular complexity index is 1740. The van der Waals surface area contributed by atoms with Crippen molar-refractivity contribution in [3.8, 4) is 0 Å². The molecular weight excluding hydrogens is 502 g/mol. The molecule has 11 heteroatoms. The van der Waals surface area contributed by atoms with E-state index >= 15 is 0 Å². The van der Waals surface area contributed by atoms with Gasteiger partial charge in [-0.15, -0.1) is 0 Å². The number of nitrogens with zero attached hydrogens (tertiary/aromatic N) is 2. The molecule has 2 aromatic heterocycles. The summed E-state index contributed by atoms with van der Waals surface area (Å²) in [5.74, 6) is 0.862. The van der Waals surface area contributed by atoms with Gasteiger partial charge < -0.3 is 21.0 Å². The van der Waals surface area contributed by atoms with Gasteiger partial charge >= 0.3 is 0 Å². The molecule has 194 valence electrons.